The van der Waals surface area contributed by atoms with Gasteiger partial charge in [-0.25, -0.2) is 0 Å². The van der Waals surface area contributed by atoms with Gasteiger partial charge in [-0.15, -0.1) is 0 Å². The number of carbonyl (C=O) groups excluding carboxylic acids is 1. The van der Waals surface area contributed by atoms with Crippen molar-refractivity contribution in [3.05, 3.63) is 11.6 Å². The number of allylic oxidation sites excluding steroid dienone is 1. The third-order valence-electron chi connectivity index (χ3n) is 5.35. The van der Waals surface area contributed by atoms with Gasteiger partial charge in [0.2, 0.25) is 0 Å². The van der Waals surface area contributed by atoms with Crippen LogP contribution in [0.1, 0.15) is 46.5 Å². The van der Waals surface area contributed by atoms with Gasteiger partial charge in [-0.3, -0.25) is 4.79 Å². The Kier molecular flexibility index (Phi) is 2.39. The minimum atomic E-state index is -0.240. The van der Waals surface area contributed by atoms with E-state index in [1.165, 1.54) is 24.8 Å². The molecule has 0 aromatic carbocycles. The summed E-state index contributed by atoms with van der Waals surface area (Å²) in [5.41, 5.74) is 1.17. The van der Waals surface area contributed by atoms with E-state index in [9.17, 15) is 4.79 Å². The first-order valence-corrected chi connectivity index (χ1v) is 6.96. The molecule has 0 amide bonds. The van der Waals surface area contributed by atoms with E-state index >= 15 is 0 Å². The molecule has 3 aliphatic rings. The van der Waals surface area contributed by atoms with Gasteiger partial charge in [0.1, 0.15) is 5.60 Å². The summed E-state index contributed by atoms with van der Waals surface area (Å²) < 4.78 is 5.89. The Bertz CT molecular complexity index is 384. The number of esters is 1. The van der Waals surface area contributed by atoms with E-state index in [4.69, 9.17) is 4.74 Å². The molecule has 2 nitrogen and oxygen atoms in total. The lowest BCUT2D eigenvalue weighted by Crippen LogP contribution is -2.50. The van der Waals surface area contributed by atoms with Crippen molar-refractivity contribution in [2.75, 3.05) is 0 Å². The molecular formula is C15H22O2. The first-order chi connectivity index (χ1) is 8.04. The fourth-order valence-electron chi connectivity index (χ4n) is 4.41. The molecule has 1 saturated heterocycles. The first kappa shape index (κ1) is 11.3. The maximum Gasteiger partial charge on any atom is 0.309 e. The third-order valence-corrected chi connectivity index (χ3v) is 5.35. The number of carbonyl (C=O) groups is 1. The third kappa shape index (κ3) is 1.42. The van der Waals surface area contributed by atoms with Crippen molar-refractivity contribution in [2.24, 2.45) is 23.7 Å². The summed E-state index contributed by atoms with van der Waals surface area (Å²) in [6, 6.07) is 0. The molecule has 0 N–H and O–H groups in total. The Morgan fingerprint density at radius 1 is 1.24 bits per heavy atom. The lowest BCUT2D eigenvalue weighted by Gasteiger charge is -2.48. The molecule has 1 heterocycles. The quantitative estimate of drug-likeness (QED) is 0.475. The second kappa shape index (κ2) is 3.60. The number of rotatable bonds is 0. The van der Waals surface area contributed by atoms with Crippen LogP contribution in [0.2, 0.25) is 0 Å². The molecule has 3 rings (SSSR count). The Labute approximate surface area is 103 Å². The van der Waals surface area contributed by atoms with Crippen molar-refractivity contribution >= 4 is 5.97 Å². The normalized spacial score (nSPS) is 49.1. The first-order valence-electron chi connectivity index (χ1n) is 6.96. The van der Waals surface area contributed by atoms with Crippen LogP contribution in [0.4, 0.5) is 0 Å². The molecule has 0 radical (unpaired) electrons. The van der Waals surface area contributed by atoms with Crippen LogP contribution >= 0.6 is 0 Å². The highest BCUT2D eigenvalue weighted by atomic mass is 16.6. The lowest BCUT2D eigenvalue weighted by atomic mass is 9.58. The highest BCUT2D eigenvalue weighted by Crippen LogP contribution is 2.56. The molecule has 0 aromatic rings. The summed E-state index contributed by atoms with van der Waals surface area (Å²) in [5, 5.41) is 0. The van der Waals surface area contributed by atoms with E-state index in [0.717, 1.165) is 6.42 Å². The molecule has 2 fully saturated rings. The highest BCUT2D eigenvalue weighted by molar-refractivity contribution is 5.76. The topological polar surface area (TPSA) is 26.3 Å². The zero-order chi connectivity index (χ0) is 12.2. The van der Waals surface area contributed by atoms with Crippen LogP contribution in [0, 0.1) is 23.7 Å². The van der Waals surface area contributed by atoms with Crippen molar-refractivity contribution in [1.82, 2.24) is 0 Å². The summed E-state index contributed by atoms with van der Waals surface area (Å²) in [5.74, 6) is 1.78. The van der Waals surface area contributed by atoms with Crippen LogP contribution < -0.4 is 0 Å². The molecule has 94 valence electrons. The predicted octanol–water partition coefficient (Wildman–Crippen LogP) is 3.32. The number of hydrogen-bond acceptors (Lipinski definition) is 2. The van der Waals surface area contributed by atoms with Gasteiger partial charge in [-0.1, -0.05) is 19.4 Å². The molecule has 0 aromatic heterocycles. The minimum absolute atomic E-state index is 0.0278. The smallest absolute Gasteiger partial charge is 0.309 e. The van der Waals surface area contributed by atoms with Gasteiger partial charge in [0.05, 0.1) is 5.92 Å². The van der Waals surface area contributed by atoms with Crippen LogP contribution in [0.25, 0.3) is 0 Å². The molecule has 1 unspecified atom stereocenters. The summed E-state index contributed by atoms with van der Waals surface area (Å²) in [4.78, 5) is 12.0. The number of hydrogen-bond donors (Lipinski definition) is 0. The van der Waals surface area contributed by atoms with Gasteiger partial charge in [-0.2, -0.15) is 0 Å². The van der Waals surface area contributed by atoms with Gasteiger partial charge in [-0.05, 0) is 44.6 Å². The lowest BCUT2D eigenvalue weighted by molar-refractivity contribution is -0.155. The summed E-state index contributed by atoms with van der Waals surface area (Å²) in [7, 11) is 0. The Morgan fingerprint density at radius 3 is 2.76 bits per heavy atom. The predicted molar refractivity (Wildman–Crippen MR) is 66.4 cm³/mol. The van der Waals surface area contributed by atoms with Crippen LogP contribution in [-0.2, 0) is 9.53 Å². The van der Waals surface area contributed by atoms with Crippen molar-refractivity contribution in [2.45, 2.75) is 52.1 Å². The fourth-order valence-corrected chi connectivity index (χ4v) is 4.41. The Morgan fingerprint density at radius 2 is 2.00 bits per heavy atom. The van der Waals surface area contributed by atoms with E-state index < -0.39 is 0 Å². The molecule has 2 aliphatic carbocycles. The van der Waals surface area contributed by atoms with E-state index in [0.29, 0.717) is 17.8 Å². The van der Waals surface area contributed by atoms with E-state index in [2.05, 4.69) is 19.9 Å². The molecular weight excluding hydrogens is 212 g/mol. The molecule has 0 bridgehead atoms. The maximum absolute atomic E-state index is 12.0. The monoisotopic (exact) mass is 234 g/mol. The van der Waals surface area contributed by atoms with Crippen molar-refractivity contribution in [3.63, 3.8) is 0 Å². The second-order valence-corrected chi connectivity index (χ2v) is 6.36. The molecule has 17 heavy (non-hydrogen) atoms. The minimum Gasteiger partial charge on any atom is -0.454 e. The highest BCUT2D eigenvalue weighted by Gasteiger charge is 2.60. The summed E-state index contributed by atoms with van der Waals surface area (Å²) in [6.07, 6.45) is 7.07. The molecule has 1 aliphatic heterocycles. The van der Waals surface area contributed by atoms with Gasteiger partial charge in [0.15, 0.2) is 0 Å². The van der Waals surface area contributed by atoms with Crippen molar-refractivity contribution < 1.29 is 9.53 Å². The van der Waals surface area contributed by atoms with Crippen LogP contribution in [0.3, 0.4) is 0 Å². The molecule has 1 saturated carbocycles. The average Bonchev–Trinajstić information content (AvgIpc) is 2.50. The average molecular weight is 234 g/mol. The van der Waals surface area contributed by atoms with E-state index in [1.807, 2.05) is 6.92 Å². The summed E-state index contributed by atoms with van der Waals surface area (Å²) in [6.45, 7) is 6.55. The number of ether oxygens (including phenoxy) is 1. The zero-order valence-corrected chi connectivity index (χ0v) is 11.0. The van der Waals surface area contributed by atoms with Crippen LogP contribution in [0.5, 0.6) is 0 Å². The van der Waals surface area contributed by atoms with Gasteiger partial charge in [0, 0.05) is 11.8 Å². The van der Waals surface area contributed by atoms with Gasteiger partial charge < -0.3 is 4.74 Å². The van der Waals surface area contributed by atoms with Crippen molar-refractivity contribution in [1.29, 1.82) is 0 Å². The van der Waals surface area contributed by atoms with Crippen LogP contribution in [-0.4, -0.2) is 11.6 Å². The maximum atomic E-state index is 12.0. The standard InChI is InChI=1S/C15H22O2/c1-9-4-6-12-10(2)5-7-13-11(3)14(16)17-15(12,13)8-9/h8,10-13H,4-7H2,1-3H3/t10-,11-,12+,13?,15-/m1/s1. The zero-order valence-electron chi connectivity index (χ0n) is 11.0. The van der Waals surface area contributed by atoms with Gasteiger partial charge in [0.25, 0.3) is 0 Å². The Hall–Kier alpha value is -0.790. The van der Waals surface area contributed by atoms with Gasteiger partial charge >= 0.3 is 5.97 Å². The van der Waals surface area contributed by atoms with Crippen LogP contribution in [0.15, 0.2) is 11.6 Å². The molecule has 1 spiro atoms. The largest absolute Gasteiger partial charge is 0.454 e. The Balaban J connectivity index is 2.07. The second-order valence-electron chi connectivity index (χ2n) is 6.36. The molecule has 5 atom stereocenters. The molecule has 2 heteroatoms. The van der Waals surface area contributed by atoms with Crippen molar-refractivity contribution in [3.8, 4) is 0 Å². The SMILES string of the molecule is CC1=C[C@]23OC(=O)[C@H](C)C2CC[C@@H](C)[C@@H]3CC1. The summed E-state index contributed by atoms with van der Waals surface area (Å²) >= 11 is 0. The fraction of sp³-hybridized carbons (Fsp3) is 0.800. The van der Waals surface area contributed by atoms with E-state index in [1.54, 1.807) is 0 Å². The van der Waals surface area contributed by atoms with E-state index in [-0.39, 0.29) is 17.5 Å².